The van der Waals surface area contributed by atoms with Gasteiger partial charge < -0.3 is 54.5 Å². The molecule has 1 unspecified atom stereocenters. The fourth-order valence-electron chi connectivity index (χ4n) is 10.0. The van der Waals surface area contributed by atoms with E-state index in [9.17, 15) is 24.0 Å². The Balaban J connectivity index is 0.822. The first kappa shape index (κ1) is 43.1. The molecule has 2 aliphatic rings. The molecule has 4 aromatic carbocycles. The molecule has 0 saturated heterocycles. The van der Waals surface area contributed by atoms with Crippen molar-refractivity contribution in [2.24, 2.45) is 0 Å². The summed E-state index contributed by atoms with van der Waals surface area (Å²) in [5.74, 6) is -0.930. The topological polar surface area (TPSA) is 243 Å². The number of hydrogen-bond acceptors (Lipinski definition) is 11. The van der Waals surface area contributed by atoms with Crippen molar-refractivity contribution in [3.05, 3.63) is 187 Å². The number of carbonyl (C=O) groups is 3. The molecule has 0 fully saturated rings. The number of aromatic nitrogens is 6. The highest BCUT2D eigenvalue weighted by Crippen LogP contribution is 2.34. The van der Waals surface area contributed by atoms with Gasteiger partial charge >= 0.3 is 0 Å². The molecule has 0 aliphatic carbocycles. The fraction of sp³-hybridized carbons (Fsp3) is 0.189. The average Bonchev–Trinajstić information content (AvgIpc) is 4.20. The second-order valence-electron chi connectivity index (χ2n) is 18.0. The summed E-state index contributed by atoms with van der Waals surface area (Å²) in [6.45, 7) is 2.96. The van der Waals surface area contributed by atoms with E-state index in [1.807, 2.05) is 60.7 Å². The smallest absolute Gasteiger partial charge is 0.290 e. The van der Waals surface area contributed by atoms with Crippen molar-refractivity contribution in [2.75, 3.05) is 17.2 Å². The normalized spacial score (nSPS) is 14.5. The van der Waals surface area contributed by atoms with Crippen LogP contribution in [0.4, 0.5) is 11.4 Å². The van der Waals surface area contributed by atoms with Crippen molar-refractivity contribution in [3.63, 3.8) is 0 Å². The Hall–Kier alpha value is -9.19. The number of furan rings is 2. The number of H-pyrrole nitrogens is 4. The maximum atomic E-state index is 14.8. The average molecular weight is 948 g/mol. The zero-order valence-electron chi connectivity index (χ0n) is 38.3. The van der Waals surface area contributed by atoms with E-state index in [4.69, 9.17) is 8.83 Å². The van der Waals surface area contributed by atoms with E-state index < -0.39 is 17.9 Å². The number of amides is 3. The van der Waals surface area contributed by atoms with E-state index in [1.165, 1.54) is 29.2 Å². The monoisotopic (exact) mass is 947 g/mol. The molecule has 0 saturated carbocycles. The summed E-state index contributed by atoms with van der Waals surface area (Å²) in [5.41, 5.74) is 11.1. The van der Waals surface area contributed by atoms with Gasteiger partial charge in [-0.15, -0.1) is 0 Å². The predicted molar refractivity (Wildman–Crippen MR) is 266 cm³/mol. The van der Waals surface area contributed by atoms with Crippen LogP contribution in [-0.4, -0.2) is 70.0 Å². The molecule has 6 aromatic heterocycles. The summed E-state index contributed by atoms with van der Waals surface area (Å²) >= 11 is 0. The number of nitrogens with zero attached hydrogens (tertiary/aromatic N) is 4. The summed E-state index contributed by atoms with van der Waals surface area (Å²) in [4.78, 5) is 92.8. The zero-order chi connectivity index (χ0) is 48.3. The van der Waals surface area contributed by atoms with Gasteiger partial charge in [0.2, 0.25) is 5.91 Å². The number of para-hydroxylation sites is 2. The third-order valence-electron chi connectivity index (χ3n) is 13.7. The fourth-order valence-corrected chi connectivity index (χ4v) is 10.0. The summed E-state index contributed by atoms with van der Waals surface area (Å²) < 4.78 is 12.0. The van der Waals surface area contributed by atoms with Crippen LogP contribution in [0.5, 0.6) is 0 Å². The Kier molecular flexibility index (Phi) is 10.6. The molecule has 8 heterocycles. The standard InChI is InChI=1S/C53H45N11O7/c1-28-50(66)62-41-13-11-31(19-43(41)58-28)54-21-29-15-17-70-48(29)53(69)64-26-45-36(34-7-3-5-9-39(34)60-45)20-46(64)51(67)57-22-30-27-71-49(37(30)23-55-32-10-12-40-42(18-32)61-47(65)24-56-40)52(68)63-16-14-35-33-6-2-4-8-38(33)59-44(35)25-63/h2-13,15,17-19,24,27,46,54-55,59-60H,14,16,20-23,25-26H2,1H3,(H,57,67)(H,61,65)(H,62,66). The van der Waals surface area contributed by atoms with E-state index in [2.05, 4.69) is 51.9 Å². The van der Waals surface area contributed by atoms with Gasteiger partial charge in [0.1, 0.15) is 11.7 Å². The molecular formula is C53H45N11O7. The van der Waals surface area contributed by atoms with Crippen LogP contribution in [0.3, 0.4) is 0 Å². The number of carbonyl (C=O) groups excluding carboxylic acids is 3. The summed E-state index contributed by atoms with van der Waals surface area (Å²) in [7, 11) is 0. The lowest BCUT2D eigenvalue weighted by atomic mass is 9.95. The molecule has 18 nitrogen and oxygen atoms in total. The third-order valence-corrected chi connectivity index (χ3v) is 13.7. The van der Waals surface area contributed by atoms with Crippen LogP contribution in [0.15, 0.2) is 128 Å². The Labute approximate surface area is 402 Å². The van der Waals surface area contributed by atoms with E-state index in [0.29, 0.717) is 69.6 Å². The summed E-state index contributed by atoms with van der Waals surface area (Å²) in [5, 5.41) is 12.0. The molecule has 0 bridgehead atoms. The Morgan fingerprint density at radius 2 is 1.45 bits per heavy atom. The van der Waals surface area contributed by atoms with Crippen molar-refractivity contribution in [2.45, 2.75) is 58.5 Å². The molecule has 0 radical (unpaired) electrons. The third kappa shape index (κ3) is 7.93. The summed E-state index contributed by atoms with van der Waals surface area (Å²) in [6.07, 6.45) is 5.08. The van der Waals surface area contributed by atoms with Crippen molar-refractivity contribution in [3.8, 4) is 0 Å². The highest BCUT2D eigenvalue weighted by molar-refractivity contribution is 5.98. The molecule has 3 amide bonds. The van der Waals surface area contributed by atoms with Gasteiger partial charge in [0.25, 0.3) is 22.9 Å². The predicted octanol–water partition coefficient (Wildman–Crippen LogP) is 6.92. The van der Waals surface area contributed by atoms with E-state index in [-0.39, 0.29) is 61.1 Å². The van der Waals surface area contributed by atoms with Crippen molar-refractivity contribution in [1.82, 2.24) is 45.0 Å². The lowest BCUT2D eigenvalue weighted by Gasteiger charge is -2.34. The summed E-state index contributed by atoms with van der Waals surface area (Å²) in [6, 6.07) is 27.5. The van der Waals surface area contributed by atoms with Crippen molar-refractivity contribution >= 4 is 73.0 Å². The number of fused-ring (bicyclic) bond motifs is 8. The van der Waals surface area contributed by atoms with Gasteiger partial charge in [0.15, 0.2) is 11.5 Å². The Morgan fingerprint density at radius 1 is 0.704 bits per heavy atom. The Bertz CT molecular complexity index is 3890. The first-order valence-corrected chi connectivity index (χ1v) is 23.3. The highest BCUT2D eigenvalue weighted by Gasteiger charge is 2.39. The van der Waals surface area contributed by atoms with Crippen LogP contribution in [-0.2, 0) is 50.4 Å². The minimum atomic E-state index is -0.945. The lowest BCUT2D eigenvalue weighted by molar-refractivity contribution is -0.126. The van der Waals surface area contributed by atoms with E-state index in [0.717, 1.165) is 44.4 Å². The van der Waals surface area contributed by atoms with Crippen LogP contribution in [0.25, 0.3) is 43.9 Å². The second kappa shape index (κ2) is 17.4. The number of hydrogen-bond donors (Lipinski definition) is 7. The zero-order valence-corrected chi connectivity index (χ0v) is 38.3. The van der Waals surface area contributed by atoms with Crippen LogP contribution >= 0.6 is 0 Å². The van der Waals surface area contributed by atoms with Gasteiger partial charge in [-0.25, -0.2) is 9.97 Å². The number of anilines is 2. The lowest BCUT2D eigenvalue weighted by Crippen LogP contribution is -2.52. The van der Waals surface area contributed by atoms with Crippen LogP contribution in [0, 0.1) is 6.92 Å². The maximum absolute atomic E-state index is 14.8. The van der Waals surface area contributed by atoms with Crippen molar-refractivity contribution in [1.29, 1.82) is 0 Å². The van der Waals surface area contributed by atoms with Crippen molar-refractivity contribution < 1.29 is 23.2 Å². The number of rotatable bonds is 11. The Morgan fingerprint density at radius 3 is 2.28 bits per heavy atom. The van der Waals surface area contributed by atoms with Crippen LogP contribution < -0.4 is 27.1 Å². The molecule has 7 N–H and O–H groups in total. The van der Waals surface area contributed by atoms with Gasteiger partial charge in [-0.1, -0.05) is 36.4 Å². The maximum Gasteiger partial charge on any atom is 0.290 e. The van der Waals surface area contributed by atoms with Gasteiger partial charge in [-0.2, -0.15) is 0 Å². The van der Waals surface area contributed by atoms with Crippen LogP contribution in [0.2, 0.25) is 0 Å². The number of aromatic amines is 4. The van der Waals surface area contributed by atoms with Gasteiger partial charge in [0, 0.05) is 93.9 Å². The minimum Gasteiger partial charge on any atom is -0.459 e. The molecular weight excluding hydrogens is 903 g/mol. The first-order chi connectivity index (χ1) is 34.6. The molecule has 10 aromatic rings. The molecule has 1 atom stereocenters. The highest BCUT2D eigenvalue weighted by atomic mass is 16.3. The second-order valence-corrected chi connectivity index (χ2v) is 18.0. The van der Waals surface area contributed by atoms with E-state index >= 15 is 0 Å². The molecule has 71 heavy (non-hydrogen) atoms. The molecule has 12 rings (SSSR count). The van der Waals surface area contributed by atoms with Gasteiger partial charge in [-0.3, -0.25) is 24.0 Å². The van der Waals surface area contributed by atoms with E-state index in [1.54, 1.807) is 36.1 Å². The first-order valence-electron chi connectivity index (χ1n) is 23.3. The SMILES string of the molecule is Cc1nc2cc(NCc3ccoc3C(=O)N3Cc4[nH]c5ccccc5c4CC3C(=O)NCc3coc(C(=O)N4CCc5c([nH]c6ccccc56)C4)c3CNc3ccc4ncc(=O)[nH]c4c3)ccc2[nH]c1=O. The van der Waals surface area contributed by atoms with Crippen LogP contribution in [0.1, 0.15) is 66.0 Å². The minimum absolute atomic E-state index is 0.0169. The van der Waals surface area contributed by atoms with Gasteiger partial charge in [0.05, 0.1) is 53.9 Å². The molecule has 2 aliphatic heterocycles. The molecule has 0 spiro atoms. The van der Waals surface area contributed by atoms with Gasteiger partial charge in [-0.05, 0) is 79.1 Å². The number of benzene rings is 4. The quantitative estimate of drug-likeness (QED) is 0.0702. The number of aryl methyl sites for hydroxylation is 1. The number of nitrogens with one attached hydrogen (secondary N) is 7. The molecule has 18 heteroatoms. The largest absolute Gasteiger partial charge is 0.459 e. The molecule has 354 valence electrons.